The van der Waals surface area contributed by atoms with E-state index in [1.54, 1.807) is 0 Å². The molecule has 1 aliphatic heterocycles. The molecule has 1 aromatic rings. The molecular weight excluding hydrogens is 284 g/mol. The zero-order valence-corrected chi connectivity index (χ0v) is 13.7. The molecule has 2 heterocycles. The molecule has 6 heteroatoms. The van der Waals surface area contributed by atoms with Crippen molar-refractivity contribution in [1.29, 1.82) is 5.26 Å². The van der Waals surface area contributed by atoms with Crippen LogP contribution >= 0.6 is 11.3 Å². The molecule has 1 saturated heterocycles. The smallest absolute Gasteiger partial charge is 0.174 e. The van der Waals surface area contributed by atoms with E-state index in [1.165, 1.54) is 11.3 Å². The summed E-state index contributed by atoms with van der Waals surface area (Å²) in [6.07, 6.45) is 2.54. The molecule has 0 bridgehead atoms. The normalized spacial score (nSPS) is 16.2. The van der Waals surface area contributed by atoms with Gasteiger partial charge in [-0.25, -0.2) is 0 Å². The van der Waals surface area contributed by atoms with E-state index in [9.17, 15) is 10.1 Å². The third kappa shape index (κ3) is 3.04. The van der Waals surface area contributed by atoms with Crippen LogP contribution in [0.2, 0.25) is 0 Å². The summed E-state index contributed by atoms with van der Waals surface area (Å²) in [6.45, 7) is 3.62. The van der Waals surface area contributed by atoms with Gasteiger partial charge < -0.3 is 15.5 Å². The van der Waals surface area contributed by atoms with E-state index in [2.05, 4.69) is 30.0 Å². The Hall–Kier alpha value is -1.58. The molecule has 5 nitrogen and oxygen atoms in total. The number of hydrogen-bond acceptors (Lipinski definition) is 6. The molecule has 0 radical (unpaired) electrons. The number of nitrogens with two attached hydrogens (primary N) is 1. The molecule has 2 rings (SSSR count). The Balaban J connectivity index is 2.25. The minimum Gasteiger partial charge on any atom is -0.396 e. The first-order chi connectivity index (χ1) is 9.99. The van der Waals surface area contributed by atoms with Crippen LogP contribution in [0.4, 0.5) is 10.7 Å². The molecule has 0 spiro atoms. The quantitative estimate of drug-likeness (QED) is 0.864. The minimum atomic E-state index is 0.0171. The van der Waals surface area contributed by atoms with Crippen LogP contribution in [0.5, 0.6) is 0 Å². The number of rotatable bonds is 4. The number of nitriles is 1. The van der Waals surface area contributed by atoms with Crippen LogP contribution in [0.15, 0.2) is 0 Å². The number of piperidine rings is 1. The van der Waals surface area contributed by atoms with Crippen LogP contribution in [0.25, 0.3) is 0 Å². The maximum Gasteiger partial charge on any atom is 0.174 e. The summed E-state index contributed by atoms with van der Waals surface area (Å²) < 4.78 is 0. The van der Waals surface area contributed by atoms with Gasteiger partial charge in [-0.15, -0.1) is 11.3 Å². The second kappa shape index (κ2) is 6.46. The van der Waals surface area contributed by atoms with Crippen LogP contribution in [0, 0.1) is 11.3 Å². The number of ketones is 1. The molecule has 0 aromatic carbocycles. The number of thiophene rings is 1. The fourth-order valence-electron chi connectivity index (χ4n) is 2.72. The maximum absolute atomic E-state index is 11.9. The highest BCUT2D eigenvalue weighted by molar-refractivity contribution is 7.19. The van der Waals surface area contributed by atoms with Crippen molar-refractivity contribution in [2.45, 2.75) is 32.2 Å². The van der Waals surface area contributed by atoms with Crippen molar-refractivity contribution in [3.05, 3.63) is 10.4 Å². The molecule has 1 aliphatic rings. The van der Waals surface area contributed by atoms with Crippen molar-refractivity contribution in [1.82, 2.24) is 4.90 Å². The van der Waals surface area contributed by atoms with E-state index in [4.69, 9.17) is 5.73 Å². The molecule has 0 saturated carbocycles. The van der Waals surface area contributed by atoms with E-state index in [1.807, 2.05) is 6.92 Å². The zero-order valence-electron chi connectivity index (χ0n) is 12.8. The molecule has 0 atom stereocenters. The summed E-state index contributed by atoms with van der Waals surface area (Å²) in [5.41, 5.74) is 6.84. The van der Waals surface area contributed by atoms with Gasteiger partial charge in [-0.3, -0.25) is 4.79 Å². The molecule has 21 heavy (non-hydrogen) atoms. The number of hydrogen-bond donors (Lipinski definition) is 1. The predicted molar refractivity (Wildman–Crippen MR) is 87.0 cm³/mol. The van der Waals surface area contributed by atoms with E-state index in [-0.39, 0.29) is 5.78 Å². The monoisotopic (exact) mass is 306 g/mol. The molecule has 1 fully saturated rings. The van der Waals surface area contributed by atoms with E-state index >= 15 is 0 Å². The lowest BCUT2D eigenvalue weighted by molar-refractivity contribution is 0.0993. The van der Waals surface area contributed by atoms with Gasteiger partial charge in [0.05, 0.1) is 10.6 Å². The molecule has 0 aliphatic carbocycles. The van der Waals surface area contributed by atoms with Crippen molar-refractivity contribution < 1.29 is 4.79 Å². The van der Waals surface area contributed by atoms with E-state index < -0.39 is 0 Å². The number of nitrogen functional groups attached to an aromatic ring is 1. The molecule has 0 amide bonds. The summed E-state index contributed by atoms with van der Waals surface area (Å²) in [5, 5.41) is 10.2. The molecule has 1 aromatic heterocycles. The van der Waals surface area contributed by atoms with Crippen molar-refractivity contribution in [3.63, 3.8) is 0 Å². The second-order valence-electron chi connectivity index (χ2n) is 5.60. The summed E-state index contributed by atoms with van der Waals surface area (Å²) in [7, 11) is 4.20. The lowest BCUT2D eigenvalue weighted by atomic mass is 10.0. The fraction of sp³-hybridized carbons (Fsp3) is 0.600. The number of carbonyl (C=O) groups excluding carboxylic acids is 1. The van der Waals surface area contributed by atoms with Crippen molar-refractivity contribution in [2.75, 3.05) is 37.8 Å². The fourth-order valence-corrected chi connectivity index (χ4v) is 3.95. The van der Waals surface area contributed by atoms with Gasteiger partial charge in [-0.2, -0.15) is 5.26 Å². The minimum absolute atomic E-state index is 0.0171. The summed E-state index contributed by atoms with van der Waals surface area (Å²) in [4.78, 5) is 16.9. The Morgan fingerprint density at radius 2 is 2.10 bits per heavy atom. The van der Waals surface area contributed by atoms with Crippen LogP contribution < -0.4 is 10.6 Å². The van der Waals surface area contributed by atoms with Crippen molar-refractivity contribution in [2.24, 2.45) is 0 Å². The van der Waals surface area contributed by atoms with Gasteiger partial charge in [0.15, 0.2) is 5.78 Å². The van der Waals surface area contributed by atoms with Gasteiger partial charge in [0.25, 0.3) is 0 Å². The van der Waals surface area contributed by atoms with E-state index in [0.717, 1.165) is 30.9 Å². The molecule has 0 unspecified atom stereocenters. The first kappa shape index (κ1) is 15.8. The largest absolute Gasteiger partial charge is 0.396 e. The van der Waals surface area contributed by atoms with Crippen molar-refractivity contribution in [3.8, 4) is 6.07 Å². The van der Waals surface area contributed by atoms with E-state index in [0.29, 0.717) is 28.6 Å². The molecular formula is C15H22N4OS. The highest BCUT2D eigenvalue weighted by Crippen LogP contribution is 2.39. The maximum atomic E-state index is 11.9. The Bertz CT molecular complexity index is 565. The Labute approximate surface area is 129 Å². The van der Waals surface area contributed by atoms with Crippen LogP contribution in [0.1, 0.15) is 41.4 Å². The summed E-state index contributed by atoms with van der Waals surface area (Å²) in [6, 6.07) is 2.76. The predicted octanol–water partition coefficient (Wildman–Crippen LogP) is 2.33. The summed E-state index contributed by atoms with van der Waals surface area (Å²) in [5.74, 6) is 0.0171. The highest BCUT2D eigenvalue weighted by Gasteiger charge is 2.27. The number of nitrogens with zero attached hydrogens (tertiary/aromatic N) is 3. The Morgan fingerprint density at radius 1 is 1.48 bits per heavy atom. The Kier molecular flexibility index (Phi) is 4.86. The topological polar surface area (TPSA) is 73.4 Å². The van der Waals surface area contributed by atoms with Crippen LogP contribution in [0.3, 0.4) is 0 Å². The Morgan fingerprint density at radius 3 is 2.57 bits per heavy atom. The molecule has 2 N–H and O–H groups in total. The number of carbonyl (C=O) groups is 1. The first-order valence-electron chi connectivity index (χ1n) is 7.26. The standard InChI is InChI=1S/C15H22N4OS/c1-4-12(20)14-13(17)11(9-16)15(21-14)19-7-5-10(6-8-19)18(2)3/h10H,4-8,17H2,1-3H3. The van der Waals surface area contributed by atoms with Crippen LogP contribution in [-0.2, 0) is 0 Å². The average molecular weight is 306 g/mol. The number of Topliss-reactive ketones (excluding diaryl/α,β-unsaturated/α-hetero) is 1. The van der Waals surface area contributed by atoms with Gasteiger partial charge in [0.1, 0.15) is 16.6 Å². The third-order valence-corrected chi connectivity index (χ3v) is 5.40. The van der Waals surface area contributed by atoms with Gasteiger partial charge in [0, 0.05) is 25.6 Å². The molecule has 114 valence electrons. The second-order valence-corrected chi connectivity index (χ2v) is 6.59. The summed E-state index contributed by atoms with van der Waals surface area (Å²) >= 11 is 1.37. The lowest BCUT2D eigenvalue weighted by Crippen LogP contribution is -2.41. The van der Waals surface area contributed by atoms with Gasteiger partial charge in [-0.05, 0) is 26.9 Å². The van der Waals surface area contributed by atoms with Crippen molar-refractivity contribution >= 4 is 27.8 Å². The third-order valence-electron chi connectivity index (χ3n) is 4.09. The SMILES string of the molecule is CCC(=O)c1sc(N2CCC(N(C)C)CC2)c(C#N)c1N. The zero-order chi connectivity index (χ0) is 15.6. The first-order valence-corrected chi connectivity index (χ1v) is 8.08. The van der Waals surface area contributed by atoms with Crippen LogP contribution in [-0.4, -0.2) is 43.9 Å². The van der Waals surface area contributed by atoms with Gasteiger partial charge in [-0.1, -0.05) is 6.92 Å². The highest BCUT2D eigenvalue weighted by atomic mass is 32.1. The lowest BCUT2D eigenvalue weighted by Gasteiger charge is -2.35. The van der Waals surface area contributed by atoms with Gasteiger partial charge >= 0.3 is 0 Å². The number of anilines is 2. The van der Waals surface area contributed by atoms with Gasteiger partial charge in [0.2, 0.25) is 0 Å². The average Bonchev–Trinajstić information content (AvgIpc) is 2.83.